The Balaban J connectivity index is 2.05. The van der Waals surface area contributed by atoms with Gasteiger partial charge in [0.25, 0.3) is 0 Å². The Bertz CT molecular complexity index is 1140. The standard InChI is InChI=1S/C29H39N3O6/c1-17(2)30-26(35)25(21-9-7-8-10-24(21)34)32(23-15-18(23)3)27(36)22(31-28(37)38-29(4,5)6)16-19-11-13-20(33)14-12-19/h7-14,17-18,22-23,25,33-34H,15-16H2,1-6H3,(H,30,35)(H,31,37). The first kappa shape index (κ1) is 28.8. The average molecular weight is 526 g/mol. The highest BCUT2D eigenvalue weighted by Gasteiger charge is 2.48. The van der Waals surface area contributed by atoms with E-state index in [-0.39, 0.29) is 35.9 Å². The van der Waals surface area contributed by atoms with Crippen LogP contribution in [0.4, 0.5) is 4.79 Å². The van der Waals surface area contributed by atoms with Crippen molar-refractivity contribution in [2.24, 2.45) is 5.92 Å². The summed E-state index contributed by atoms with van der Waals surface area (Å²) in [5.74, 6) is -0.775. The molecule has 3 rings (SSSR count). The third-order valence-corrected chi connectivity index (χ3v) is 6.23. The fourth-order valence-corrected chi connectivity index (χ4v) is 4.37. The molecule has 1 saturated carbocycles. The van der Waals surface area contributed by atoms with Crippen LogP contribution < -0.4 is 10.6 Å². The van der Waals surface area contributed by atoms with Gasteiger partial charge in [-0.3, -0.25) is 9.59 Å². The number of alkyl carbamates (subject to hydrolysis) is 1. The Kier molecular flexibility index (Phi) is 8.91. The van der Waals surface area contributed by atoms with E-state index >= 15 is 0 Å². The van der Waals surface area contributed by atoms with Crippen molar-refractivity contribution < 1.29 is 29.3 Å². The first-order chi connectivity index (χ1) is 17.8. The number of phenolic OH excluding ortho intramolecular Hbond substituents is 2. The summed E-state index contributed by atoms with van der Waals surface area (Å²) in [5.41, 5.74) is 0.224. The summed E-state index contributed by atoms with van der Waals surface area (Å²) in [6.45, 7) is 10.8. The van der Waals surface area contributed by atoms with Gasteiger partial charge in [-0.1, -0.05) is 37.3 Å². The van der Waals surface area contributed by atoms with Gasteiger partial charge >= 0.3 is 6.09 Å². The van der Waals surface area contributed by atoms with Crippen LogP contribution in [0, 0.1) is 5.92 Å². The molecule has 4 unspecified atom stereocenters. The summed E-state index contributed by atoms with van der Waals surface area (Å²) in [6, 6.07) is 10.2. The molecular formula is C29H39N3O6. The minimum Gasteiger partial charge on any atom is -0.508 e. The first-order valence-electron chi connectivity index (χ1n) is 12.9. The molecule has 3 amide bonds. The van der Waals surface area contributed by atoms with E-state index in [1.807, 2.05) is 20.8 Å². The van der Waals surface area contributed by atoms with E-state index < -0.39 is 35.6 Å². The van der Waals surface area contributed by atoms with E-state index in [9.17, 15) is 24.6 Å². The number of carbonyl (C=O) groups is 3. The molecule has 9 heteroatoms. The summed E-state index contributed by atoms with van der Waals surface area (Å²) in [4.78, 5) is 42.2. The number of ether oxygens (including phenoxy) is 1. The molecule has 0 saturated heterocycles. The van der Waals surface area contributed by atoms with Crippen molar-refractivity contribution in [3.63, 3.8) is 0 Å². The topological polar surface area (TPSA) is 128 Å². The molecule has 0 aromatic heterocycles. The number of hydrogen-bond donors (Lipinski definition) is 4. The predicted molar refractivity (Wildman–Crippen MR) is 144 cm³/mol. The molecule has 2 aromatic rings. The van der Waals surface area contributed by atoms with Gasteiger partial charge in [0.1, 0.15) is 29.2 Å². The lowest BCUT2D eigenvalue weighted by Crippen LogP contribution is -2.55. The van der Waals surface area contributed by atoms with Gasteiger partial charge in [-0.15, -0.1) is 0 Å². The number of nitrogens with one attached hydrogen (secondary N) is 2. The third kappa shape index (κ3) is 7.63. The molecule has 38 heavy (non-hydrogen) atoms. The Morgan fingerprint density at radius 2 is 1.63 bits per heavy atom. The van der Waals surface area contributed by atoms with Crippen molar-refractivity contribution >= 4 is 17.9 Å². The molecule has 4 N–H and O–H groups in total. The van der Waals surface area contributed by atoms with E-state index in [0.717, 1.165) is 0 Å². The minimum atomic E-state index is -1.11. The van der Waals surface area contributed by atoms with E-state index in [4.69, 9.17) is 4.74 Å². The second kappa shape index (κ2) is 11.8. The van der Waals surface area contributed by atoms with Gasteiger partial charge in [0.05, 0.1) is 0 Å². The van der Waals surface area contributed by atoms with Crippen LogP contribution in [0.25, 0.3) is 0 Å². The monoisotopic (exact) mass is 525 g/mol. The highest BCUT2D eigenvalue weighted by Crippen LogP contribution is 2.42. The lowest BCUT2D eigenvalue weighted by atomic mass is 9.99. The molecular weight excluding hydrogens is 486 g/mol. The highest BCUT2D eigenvalue weighted by molar-refractivity contribution is 5.93. The van der Waals surface area contributed by atoms with Crippen LogP contribution in [0.1, 0.15) is 65.1 Å². The molecule has 1 aliphatic carbocycles. The molecule has 2 aromatic carbocycles. The van der Waals surface area contributed by atoms with Gasteiger partial charge in [-0.25, -0.2) is 4.79 Å². The predicted octanol–water partition coefficient (Wildman–Crippen LogP) is 4.04. The number of hydrogen-bond acceptors (Lipinski definition) is 6. The average Bonchev–Trinajstić information content (AvgIpc) is 3.52. The normalized spacial score (nSPS) is 18.3. The van der Waals surface area contributed by atoms with Crippen LogP contribution in [0.2, 0.25) is 0 Å². The first-order valence-corrected chi connectivity index (χ1v) is 12.9. The van der Waals surface area contributed by atoms with Gasteiger partial charge in [0.2, 0.25) is 11.8 Å². The van der Waals surface area contributed by atoms with Crippen LogP contribution in [0.3, 0.4) is 0 Å². The molecule has 206 valence electrons. The summed E-state index contributed by atoms with van der Waals surface area (Å²) in [7, 11) is 0. The third-order valence-electron chi connectivity index (χ3n) is 6.23. The zero-order valence-electron chi connectivity index (χ0n) is 22.9. The lowest BCUT2D eigenvalue weighted by Gasteiger charge is -2.35. The van der Waals surface area contributed by atoms with Gasteiger partial charge in [0, 0.05) is 24.1 Å². The quantitative estimate of drug-likeness (QED) is 0.391. The maximum atomic E-state index is 14.3. The SMILES string of the molecule is CC(C)NC(=O)C(c1ccccc1O)N(C(=O)C(Cc1ccc(O)cc1)NC(=O)OC(C)(C)C)C1CC1C. The Hall–Kier alpha value is -3.75. The number of nitrogens with zero attached hydrogens (tertiary/aromatic N) is 1. The number of phenols is 2. The van der Waals surface area contributed by atoms with E-state index in [1.54, 1.807) is 51.1 Å². The zero-order valence-corrected chi connectivity index (χ0v) is 22.9. The molecule has 0 aliphatic heterocycles. The smallest absolute Gasteiger partial charge is 0.408 e. The lowest BCUT2D eigenvalue weighted by molar-refractivity contribution is -0.143. The van der Waals surface area contributed by atoms with Crippen molar-refractivity contribution in [3.05, 3.63) is 59.7 Å². The molecule has 1 fully saturated rings. The van der Waals surface area contributed by atoms with Crippen molar-refractivity contribution in [2.75, 3.05) is 0 Å². The van der Waals surface area contributed by atoms with Gasteiger partial charge in [-0.05, 0) is 70.7 Å². The molecule has 9 nitrogen and oxygen atoms in total. The van der Waals surface area contributed by atoms with Crippen molar-refractivity contribution in [1.82, 2.24) is 15.5 Å². The van der Waals surface area contributed by atoms with E-state index in [2.05, 4.69) is 10.6 Å². The Labute approximate surface area is 224 Å². The molecule has 1 aliphatic rings. The fraction of sp³-hybridized carbons (Fsp3) is 0.483. The van der Waals surface area contributed by atoms with Gasteiger partial charge in [0.15, 0.2) is 0 Å². The van der Waals surface area contributed by atoms with Gasteiger partial charge in [-0.2, -0.15) is 0 Å². The zero-order chi connectivity index (χ0) is 28.2. The maximum Gasteiger partial charge on any atom is 0.408 e. The number of benzene rings is 2. The van der Waals surface area contributed by atoms with Gasteiger partial charge < -0.3 is 30.5 Å². The number of rotatable bonds is 9. The van der Waals surface area contributed by atoms with E-state index in [0.29, 0.717) is 17.5 Å². The van der Waals surface area contributed by atoms with Crippen LogP contribution in [-0.4, -0.2) is 56.7 Å². The van der Waals surface area contributed by atoms with Crippen molar-refractivity contribution in [1.29, 1.82) is 0 Å². The largest absolute Gasteiger partial charge is 0.508 e. The molecule has 0 heterocycles. The minimum absolute atomic E-state index is 0.0788. The summed E-state index contributed by atoms with van der Waals surface area (Å²) >= 11 is 0. The summed E-state index contributed by atoms with van der Waals surface area (Å²) in [6.07, 6.45) is 0.0301. The fourth-order valence-electron chi connectivity index (χ4n) is 4.37. The number of amides is 3. The second-order valence-electron chi connectivity index (χ2n) is 11.2. The molecule has 0 radical (unpaired) electrons. The van der Waals surface area contributed by atoms with Crippen LogP contribution in [0.15, 0.2) is 48.5 Å². The van der Waals surface area contributed by atoms with Crippen molar-refractivity contribution in [2.45, 2.75) is 84.2 Å². The van der Waals surface area contributed by atoms with Crippen LogP contribution in [-0.2, 0) is 20.7 Å². The van der Waals surface area contributed by atoms with Crippen molar-refractivity contribution in [3.8, 4) is 11.5 Å². The van der Waals surface area contributed by atoms with Crippen LogP contribution >= 0.6 is 0 Å². The summed E-state index contributed by atoms with van der Waals surface area (Å²) in [5, 5.41) is 26.0. The molecule has 0 bridgehead atoms. The number of aromatic hydroxyl groups is 2. The summed E-state index contributed by atoms with van der Waals surface area (Å²) < 4.78 is 5.44. The molecule has 0 spiro atoms. The van der Waals surface area contributed by atoms with Crippen LogP contribution in [0.5, 0.6) is 11.5 Å². The highest BCUT2D eigenvalue weighted by atomic mass is 16.6. The second-order valence-corrected chi connectivity index (χ2v) is 11.2. The Morgan fingerprint density at radius 1 is 1.03 bits per heavy atom. The van der Waals surface area contributed by atoms with E-state index in [1.165, 1.54) is 23.1 Å². The number of para-hydroxylation sites is 1. The molecule has 4 atom stereocenters. The Morgan fingerprint density at radius 3 is 2.16 bits per heavy atom. The maximum absolute atomic E-state index is 14.3. The number of carbonyl (C=O) groups excluding carboxylic acids is 3.